The number of anilines is 1. The first-order valence-corrected chi connectivity index (χ1v) is 8.42. The van der Waals surface area contributed by atoms with Gasteiger partial charge in [0.2, 0.25) is 0 Å². The van der Waals surface area contributed by atoms with Gasteiger partial charge in [-0.05, 0) is 41.5 Å². The first-order chi connectivity index (χ1) is 9.88. The van der Waals surface area contributed by atoms with E-state index in [-0.39, 0.29) is 0 Å². The molecule has 2 aromatic rings. The molecule has 0 fully saturated rings. The summed E-state index contributed by atoms with van der Waals surface area (Å²) in [5.74, 6) is 1.72. The molecule has 2 heteroatoms. The van der Waals surface area contributed by atoms with Crippen LogP contribution in [0, 0.1) is 0 Å². The summed E-state index contributed by atoms with van der Waals surface area (Å²) in [5.41, 5.74) is 4.16. The maximum atomic E-state index is 3.51. The van der Waals surface area contributed by atoms with Crippen LogP contribution >= 0.6 is 11.8 Å². The molecule has 1 N–H and O–H groups in total. The average Bonchev–Trinajstić information content (AvgIpc) is 2.92. The Balaban J connectivity index is 1.79. The maximum Gasteiger partial charge on any atom is 0.0379 e. The zero-order valence-corrected chi connectivity index (χ0v) is 12.7. The lowest BCUT2D eigenvalue weighted by molar-refractivity contribution is 0.893. The molecular formula is C18H21NS. The van der Waals surface area contributed by atoms with Crippen molar-refractivity contribution in [2.45, 2.75) is 30.6 Å². The monoisotopic (exact) mass is 283 g/mol. The highest BCUT2D eigenvalue weighted by Crippen LogP contribution is 2.36. The molecule has 1 nitrogen and oxygen atoms in total. The molecule has 0 spiro atoms. The summed E-state index contributed by atoms with van der Waals surface area (Å²) in [7, 11) is 0. The summed E-state index contributed by atoms with van der Waals surface area (Å²) in [5, 5.41) is 3.51. The van der Waals surface area contributed by atoms with E-state index in [0.29, 0.717) is 5.92 Å². The van der Waals surface area contributed by atoms with Crippen LogP contribution < -0.4 is 5.32 Å². The van der Waals surface area contributed by atoms with Gasteiger partial charge < -0.3 is 5.32 Å². The van der Waals surface area contributed by atoms with Crippen LogP contribution in [0.5, 0.6) is 0 Å². The van der Waals surface area contributed by atoms with E-state index in [1.165, 1.54) is 40.3 Å². The fourth-order valence-corrected chi connectivity index (χ4v) is 3.80. The minimum Gasteiger partial charge on any atom is -0.384 e. The van der Waals surface area contributed by atoms with E-state index < -0.39 is 0 Å². The molecule has 0 aromatic heterocycles. The van der Waals surface area contributed by atoms with Crippen LogP contribution in [-0.4, -0.2) is 12.3 Å². The van der Waals surface area contributed by atoms with Crippen molar-refractivity contribution in [3.8, 4) is 0 Å². The third-order valence-electron chi connectivity index (χ3n) is 3.86. The van der Waals surface area contributed by atoms with E-state index in [0.717, 1.165) is 6.54 Å². The second-order valence-electron chi connectivity index (χ2n) is 5.30. The van der Waals surface area contributed by atoms with Gasteiger partial charge in [-0.2, -0.15) is 0 Å². The predicted octanol–water partition coefficient (Wildman–Crippen LogP) is 5.14. The molecule has 0 radical (unpaired) electrons. The van der Waals surface area contributed by atoms with Gasteiger partial charge in [-0.1, -0.05) is 43.7 Å². The number of para-hydroxylation sites is 1. The fraction of sp³-hybridized carbons (Fsp3) is 0.333. The number of nitrogens with one attached hydrogen (secondary N) is 1. The van der Waals surface area contributed by atoms with Crippen LogP contribution in [0.25, 0.3) is 0 Å². The molecule has 1 heterocycles. The molecule has 0 saturated heterocycles. The van der Waals surface area contributed by atoms with Gasteiger partial charge in [-0.3, -0.25) is 0 Å². The minimum absolute atomic E-state index is 0.498. The Morgan fingerprint density at radius 2 is 2.05 bits per heavy atom. The van der Waals surface area contributed by atoms with Crippen LogP contribution in [-0.2, 0) is 0 Å². The highest BCUT2D eigenvalue weighted by Gasteiger charge is 2.23. The van der Waals surface area contributed by atoms with Crippen LogP contribution in [0.4, 0.5) is 5.69 Å². The Labute approximate surface area is 125 Å². The second kappa shape index (κ2) is 6.36. The molecule has 0 amide bonds. The van der Waals surface area contributed by atoms with Gasteiger partial charge in [0, 0.05) is 23.0 Å². The van der Waals surface area contributed by atoms with Crippen LogP contribution in [0.2, 0.25) is 0 Å². The summed E-state index contributed by atoms with van der Waals surface area (Å²) >= 11 is 1.98. The van der Waals surface area contributed by atoms with Gasteiger partial charge in [-0.15, -0.1) is 11.8 Å². The van der Waals surface area contributed by atoms with Gasteiger partial charge in [-0.25, -0.2) is 0 Å². The normalized spacial score (nSPS) is 16.8. The first kappa shape index (κ1) is 13.6. The van der Waals surface area contributed by atoms with Crippen molar-refractivity contribution in [3.63, 3.8) is 0 Å². The third kappa shape index (κ3) is 2.85. The summed E-state index contributed by atoms with van der Waals surface area (Å²) in [6, 6.07) is 17.7. The van der Waals surface area contributed by atoms with Gasteiger partial charge in [0.25, 0.3) is 0 Å². The van der Waals surface area contributed by atoms with E-state index in [1.54, 1.807) is 0 Å². The molecule has 0 bridgehead atoms. The lowest BCUT2D eigenvalue weighted by atomic mass is 9.93. The van der Waals surface area contributed by atoms with Gasteiger partial charge in [0.05, 0.1) is 0 Å². The highest BCUT2D eigenvalue weighted by molar-refractivity contribution is 7.99. The maximum absolute atomic E-state index is 3.51. The summed E-state index contributed by atoms with van der Waals surface area (Å²) in [6.45, 7) is 3.26. The molecule has 2 aromatic carbocycles. The number of benzene rings is 2. The van der Waals surface area contributed by atoms with Crippen molar-refractivity contribution in [3.05, 3.63) is 59.7 Å². The van der Waals surface area contributed by atoms with E-state index in [1.807, 2.05) is 11.8 Å². The van der Waals surface area contributed by atoms with E-state index >= 15 is 0 Å². The molecule has 0 saturated carbocycles. The largest absolute Gasteiger partial charge is 0.384 e. The topological polar surface area (TPSA) is 12.0 Å². The van der Waals surface area contributed by atoms with Crippen molar-refractivity contribution in [2.24, 2.45) is 0 Å². The summed E-state index contributed by atoms with van der Waals surface area (Å²) in [4.78, 5) is 1.40. The Morgan fingerprint density at radius 3 is 2.95 bits per heavy atom. The summed E-state index contributed by atoms with van der Waals surface area (Å²) in [6.07, 6.45) is 2.56. The number of unbranched alkanes of at least 4 members (excludes halogenated alkanes) is 1. The Bertz CT molecular complexity index is 579. The minimum atomic E-state index is 0.498. The lowest BCUT2D eigenvalue weighted by Crippen LogP contribution is -2.03. The number of hydrogen-bond donors (Lipinski definition) is 1. The SMILES string of the molecule is CCCCSc1cccc(C2CNc3ccccc32)c1. The molecule has 20 heavy (non-hydrogen) atoms. The van der Waals surface area contributed by atoms with Crippen molar-refractivity contribution in [1.82, 2.24) is 0 Å². The van der Waals surface area contributed by atoms with Gasteiger partial charge >= 0.3 is 0 Å². The van der Waals surface area contributed by atoms with E-state index in [2.05, 4.69) is 60.8 Å². The molecule has 0 aliphatic carbocycles. The summed E-state index contributed by atoms with van der Waals surface area (Å²) < 4.78 is 0. The van der Waals surface area contributed by atoms with Crippen molar-refractivity contribution < 1.29 is 0 Å². The van der Waals surface area contributed by atoms with Crippen molar-refractivity contribution >= 4 is 17.4 Å². The molecule has 104 valence electrons. The first-order valence-electron chi connectivity index (χ1n) is 7.44. The number of rotatable bonds is 5. The molecule has 1 aliphatic rings. The second-order valence-corrected chi connectivity index (χ2v) is 6.46. The molecule has 1 atom stereocenters. The van der Waals surface area contributed by atoms with Crippen LogP contribution in [0.15, 0.2) is 53.4 Å². The predicted molar refractivity (Wildman–Crippen MR) is 88.8 cm³/mol. The standard InChI is InChI=1S/C18H21NS/c1-2-3-11-20-15-8-6-7-14(12-15)17-13-19-18-10-5-4-9-16(17)18/h4-10,12,17,19H,2-3,11,13H2,1H3. The van der Waals surface area contributed by atoms with E-state index in [9.17, 15) is 0 Å². The Kier molecular flexibility index (Phi) is 4.31. The fourth-order valence-electron chi connectivity index (χ4n) is 2.74. The van der Waals surface area contributed by atoms with E-state index in [4.69, 9.17) is 0 Å². The van der Waals surface area contributed by atoms with Gasteiger partial charge in [0.15, 0.2) is 0 Å². The molecule has 1 aliphatic heterocycles. The van der Waals surface area contributed by atoms with Crippen LogP contribution in [0.1, 0.15) is 36.8 Å². The van der Waals surface area contributed by atoms with Crippen molar-refractivity contribution in [2.75, 3.05) is 17.6 Å². The third-order valence-corrected chi connectivity index (χ3v) is 4.94. The van der Waals surface area contributed by atoms with Crippen LogP contribution in [0.3, 0.4) is 0 Å². The molecule has 1 unspecified atom stereocenters. The average molecular weight is 283 g/mol. The zero-order chi connectivity index (χ0) is 13.8. The van der Waals surface area contributed by atoms with Crippen molar-refractivity contribution in [1.29, 1.82) is 0 Å². The Morgan fingerprint density at radius 1 is 1.15 bits per heavy atom. The highest BCUT2D eigenvalue weighted by atomic mass is 32.2. The zero-order valence-electron chi connectivity index (χ0n) is 11.9. The number of hydrogen-bond acceptors (Lipinski definition) is 2. The smallest absolute Gasteiger partial charge is 0.0379 e. The lowest BCUT2D eigenvalue weighted by Gasteiger charge is -2.12. The number of thioether (sulfide) groups is 1. The quantitative estimate of drug-likeness (QED) is 0.602. The molecular weight excluding hydrogens is 262 g/mol. The molecule has 3 rings (SSSR count). The van der Waals surface area contributed by atoms with Gasteiger partial charge in [0.1, 0.15) is 0 Å². The Hall–Kier alpha value is -1.41. The number of fused-ring (bicyclic) bond motifs is 1.